The smallest absolute Gasteiger partial charge is 0.303 e. The lowest BCUT2D eigenvalue weighted by Crippen LogP contribution is -2.20. The number of carbonyl (C=O) groups is 1. The second kappa shape index (κ2) is 9.69. The second-order valence-corrected chi connectivity index (χ2v) is 9.24. The van der Waals surface area contributed by atoms with Gasteiger partial charge in [-0.25, -0.2) is 18.2 Å². The Hall–Kier alpha value is -2.60. The number of hydrogen-bond acceptors (Lipinski definition) is 7. The monoisotopic (exact) mass is 450 g/mol. The van der Waals surface area contributed by atoms with E-state index in [1.165, 1.54) is 16.8 Å². The first kappa shape index (κ1) is 23.1. The van der Waals surface area contributed by atoms with Crippen LogP contribution in [0.15, 0.2) is 47.5 Å². The van der Waals surface area contributed by atoms with Crippen molar-refractivity contribution in [2.75, 3.05) is 0 Å². The fourth-order valence-electron chi connectivity index (χ4n) is 3.90. The van der Waals surface area contributed by atoms with E-state index in [0.29, 0.717) is 30.6 Å². The predicted octanol–water partition coefficient (Wildman–Crippen LogP) is 0.941. The number of rotatable bonds is 9. The van der Waals surface area contributed by atoms with Crippen LogP contribution in [0.3, 0.4) is 0 Å². The summed E-state index contributed by atoms with van der Waals surface area (Å²) in [6.07, 6.45) is 6.03. The molecule has 0 radical (unpaired) electrons. The van der Waals surface area contributed by atoms with Crippen molar-refractivity contribution in [3.8, 4) is 5.69 Å². The van der Waals surface area contributed by atoms with Gasteiger partial charge in [-0.1, -0.05) is 17.4 Å². The van der Waals surface area contributed by atoms with Crippen LogP contribution in [-0.2, 0) is 14.8 Å². The number of unbranched alkanes of at least 4 members (excludes halogenated alkanes) is 1. The summed E-state index contributed by atoms with van der Waals surface area (Å²) < 4.78 is 24.3. The summed E-state index contributed by atoms with van der Waals surface area (Å²) in [5.74, 6) is -1.48. The molecule has 1 aliphatic carbocycles. The molecule has 5 N–H and O–H groups in total. The first-order chi connectivity index (χ1) is 14.7. The molecule has 1 aromatic heterocycles. The van der Waals surface area contributed by atoms with Gasteiger partial charge in [-0.3, -0.25) is 4.79 Å². The number of aliphatic hydroxyl groups is 2. The number of aromatic nitrogens is 3. The average Bonchev–Trinajstić information content (AvgIpc) is 3.28. The maximum atomic E-state index is 11.4. The van der Waals surface area contributed by atoms with Crippen molar-refractivity contribution in [1.82, 2.24) is 15.0 Å². The molecular formula is C20H26N4O6S. The summed E-state index contributed by atoms with van der Waals surface area (Å²) in [4.78, 5) is 10.5. The van der Waals surface area contributed by atoms with Gasteiger partial charge in [0.2, 0.25) is 10.0 Å². The maximum absolute atomic E-state index is 11.4. The molecule has 1 aromatic carbocycles. The van der Waals surface area contributed by atoms with E-state index in [0.717, 1.165) is 0 Å². The molecule has 0 saturated heterocycles. The zero-order valence-electron chi connectivity index (χ0n) is 16.8. The number of sulfonamides is 1. The van der Waals surface area contributed by atoms with Gasteiger partial charge in [0.05, 0.1) is 34.7 Å². The number of nitrogens with zero attached hydrogens (tertiary/aromatic N) is 3. The summed E-state index contributed by atoms with van der Waals surface area (Å²) in [5.41, 5.74) is 1.11. The zero-order chi connectivity index (χ0) is 22.6. The van der Waals surface area contributed by atoms with Crippen molar-refractivity contribution in [1.29, 1.82) is 0 Å². The van der Waals surface area contributed by atoms with Crippen LogP contribution in [0.4, 0.5) is 0 Å². The molecule has 0 amide bonds. The number of carboxylic acid groups (broad SMARTS) is 1. The van der Waals surface area contributed by atoms with Gasteiger partial charge in [0, 0.05) is 18.8 Å². The quantitative estimate of drug-likeness (QED) is 0.323. The standard InChI is InChI=1S/C20H26N4O6S/c21-31(29,30)14-9-7-13(8-10-14)24-12-16(22-23-24)20-15(17(25)11-18(20)26)5-3-1-2-4-6-19(27)28/h1,3,7-10,12,15,17-18,20,25-26H,2,4-6,11H2,(H,27,28)(H2,21,29,30)/b3-1-/t15-,17-,18+,20-/m0/s1. The lowest BCUT2D eigenvalue weighted by Gasteiger charge is -2.20. The normalized spacial score (nSPS) is 24.1. The van der Waals surface area contributed by atoms with E-state index in [9.17, 15) is 23.4 Å². The van der Waals surface area contributed by atoms with E-state index >= 15 is 0 Å². The Kier molecular flexibility index (Phi) is 7.21. The molecule has 1 heterocycles. The summed E-state index contributed by atoms with van der Waals surface area (Å²) in [6, 6.07) is 5.85. The Balaban J connectivity index is 1.71. The third kappa shape index (κ3) is 5.76. The van der Waals surface area contributed by atoms with Gasteiger partial charge in [0.25, 0.3) is 0 Å². The van der Waals surface area contributed by atoms with Crippen LogP contribution in [0.25, 0.3) is 5.69 Å². The average molecular weight is 451 g/mol. The van der Waals surface area contributed by atoms with Gasteiger partial charge in [-0.05, 0) is 49.4 Å². The number of carboxylic acids is 1. The Morgan fingerprint density at radius 3 is 2.55 bits per heavy atom. The summed E-state index contributed by atoms with van der Waals surface area (Å²) in [7, 11) is -3.79. The van der Waals surface area contributed by atoms with E-state index in [4.69, 9.17) is 10.2 Å². The summed E-state index contributed by atoms with van der Waals surface area (Å²) >= 11 is 0. The SMILES string of the molecule is NS(=O)(=O)c1ccc(-n2cc([C@@H]3[C@@H](C/C=C\CCCC(=O)O)[C@@H](O)C[C@H]3O)nn2)cc1. The van der Waals surface area contributed by atoms with Crippen LogP contribution in [0, 0.1) is 5.92 Å². The minimum absolute atomic E-state index is 0.0128. The first-order valence-electron chi connectivity index (χ1n) is 9.95. The Morgan fingerprint density at radius 2 is 1.90 bits per heavy atom. The van der Waals surface area contributed by atoms with Crippen LogP contribution in [0.2, 0.25) is 0 Å². The predicted molar refractivity (Wildman–Crippen MR) is 111 cm³/mol. The molecule has 1 saturated carbocycles. The third-order valence-electron chi connectivity index (χ3n) is 5.47. The lowest BCUT2D eigenvalue weighted by atomic mass is 9.88. The van der Waals surface area contributed by atoms with Crippen molar-refractivity contribution >= 4 is 16.0 Å². The third-order valence-corrected chi connectivity index (χ3v) is 6.40. The van der Waals surface area contributed by atoms with E-state index in [1.54, 1.807) is 18.3 Å². The molecule has 11 heteroatoms. The number of aliphatic carboxylic acids is 1. The molecule has 2 aromatic rings. The highest BCUT2D eigenvalue weighted by Gasteiger charge is 2.43. The summed E-state index contributed by atoms with van der Waals surface area (Å²) in [6.45, 7) is 0. The van der Waals surface area contributed by atoms with Crippen LogP contribution in [-0.4, -0.2) is 56.9 Å². The Bertz CT molecular complexity index is 1030. The largest absolute Gasteiger partial charge is 0.481 e. The van der Waals surface area contributed by atoms with Crippen molar-refractivity contribution in [2.45, 2.75) is 55.1 Å². The van der Waals surface area contributed by atoms with Gasteiger partial charge >= 0.3 is 5.97 Å². The molecule has 0 unspecified atom stereocenters. The van der Waals surface area contributed by atoms with Crippen molar-refractivity contribution in [3.63, 3.8) is 0 Å². The first-order valence-corrected chi connectivity index (χ1v) is 11.5. The van der Waals surface area contributed by atoms with Crippen LogP contribution >= 0.6 is 0 Å². The van der Waals surface area contributed by atoms with Gasteiger partial charge in [-0.2, -0.15) is 0 Å². The summed E-state index contributed by atoms with van der Waals surface area (Å²) in [5, 5.41) is 42.9. The highest BCUT2D eigenvalue weighted by molar-refractivity contribution is 7.89. The molecule has 31 heavy (non-hydrogen) atoms. The van der Waals surface area contributed by atoms with Crippen molar-refractivity contribution in [2.24, 2.45) is 11.1 Å². The van der Waals surface area contributed by atoms with Gasteiger partial charge in [0.15, 0.2) is 0 Å². The van der Waals surface area contributed by atoms with E-state index in [-0.39, 0.29) is 23.7 Å². The molecule has 168 valence electrons. The van der Waals surface area contributed by atoms with Gasteiger partial charge in [0.1, 0.15) is 0 Å². The minimum atomic E-state index is -3.79. The molecule has 0 aliphatic heterocycles. The molecular weight excluding hydrogens is 424 g/mol. The van der Waals surface area contributed by atoms with Crippen molar-refractivity contribution in [3.05, 3.63) is 48.3 Å². The van der Waals surface area contributed by atoms with Crippen LogP contribution in [0.5, 0.6) is 0 Å². The highest BCUT2D eigenvalue weighted by atomic mass is 32.2. The van der Waals surface area contributed by atoms with Crippen LogP contribution in [0.1, 0.15) is 43.7 Å². The number of hydrogen-bond donors (Lipinski definition) is 4. The number of primary sulfonamides is 1. The van der Waals surface area contributed by atoms with E-state index in [2.05, 4.69) is 10.3 Å². The van der Waals surface area contributed by atoms with Crippen LogP contribution < -0.4 is 5.14 Å². The molecule has 4 atom stereocenters. The maximum Gasteiger partial charge on any atom is 0.303 e. The Morgan fingerprint density at radius 1 is 1.19 bits per heavy atom. The molecule has 1 fully saturated rings. The molecule has 0 spiro atoms. The number of nitrogens with two attached hydrogens (primary N) is 1. The topological polar surface area (TPSA) is 169 Å². The number of allylic oxidation sites excluding steroid dienone is 2. The molecule has 0 bridgehead atoms. The van der Waals surface area contributed by atoms with Crippen molar-refractivity contribution < 1.29 is 28.5 Å². The fraction of sp³-hybridized carbons (Fsp3) is 0.450. The van der Waals surface area contributed by atoms with Gasteiger partial charge < -0.3 is 15.3 Å². The highest BCUT2D eigenvalue weighted by Crippen LogP contribution is 2.41. The molecule has 1 aliphatic rings. The van der Waals surface area contributed by atoms with E-state index in [1.807, 2.05) is 12.2 Å². The number of benzene rings is 1. The number of aliphatic hydroxyl groups excluding tert-OH is 2. The van der Waals surface area contributed by atoms with E-state index < -0.39 is 34.1 Å². The fourth-order valence-corrected chi connectivity index (χ4v) is 4.42. The minimum Gasteiger partial charge on any atom is -0.481 e. The Labute approximate surface area is 180 Å². The zero-order valence-corrected chi connectivity index (χ0v) is 17.6. The lowest BCUT2D eigenvalue weighted by molar-refractivity contribution is -0.137. The molecule has 3 rings (SSSR count). The van der Waals surface area contributed by atoms with Gasteiger partial charge in [-0.15, -0.1) is 5.10 Å². The second-order valence-electron chi connectivity index (χ2n) is 7.68. The molecule has 10 nitrogen and oxygen atoms in total.